The molecule has 0 spiro atoms. The number of rotatable bonds is 6. The van der Waals surface area contributed by atoms with Crippen LogP contribution in [0, 0.1) is 0 Å². The third kappa shape index (κ3) is 3.73. The van der Waals surface area contributed by atoms with E-state index in [9.17, 15) is 4.79 Å². The van der Waals surface area contributed by atoms with Gasteiger partial charge in [0, 0.05) is 18.9 Å². The highest BCUT2D eigenvalue weighted by Crippen LogP contribution is 2.02. The van der Waals surface area contributed by atoms with E-state index in [-0.39, 0.29) is 11.9 Å². The van der Waals surface area contributed by atoms with Crippen molar-refractivity contribution in [2.75, 3.05) is 6.54 Å². The van der Waals surface area contributed by atoms with Crippen molar-refractivity contribution < 1.29 is 4.79 Å². The standard InChI is InChI=1S/C11H19N3O/c1-3-4-5-7-12-11(15)10(2)14-9-6-8-13-14/h6,8-10H,3-5,7H2,1-2H3,(H,12,15). The molecule has 1 unspecified atom stereocenters. The third-order valence-corrected chi connectivity index (χ3v) is 2.38. The Kier molecular flexibility index (Phi) is 4.87. The smallest absolute Gasteiger partial charge is 0.244 e. The van der Waals surface area contributed by atoms with Crippen LogP contribution in [-0.2, 0) is 4.79 Å². The minimum atomic E-state index is -0.221. The van der Waals surface area contributed by atoms with Crippen LogP contribution in [0.4, 0.5) is 0 Å². The predicted octanol–water partition coefficient (Wildman–Crippen LogP) is 1.75. The molecule has 1 atom stereocenters. The molecule has 0 fully saturated rings. The summed E-state index contributed by atoms with van der Waals surface area (Å²) in [6.07, 6.45) is 6.87. The van der Waals surface area contributed by atoms with Crippen LogP contribution in [-0.4, -0.2) is 22.2 Å². The molecular weight excluding hydrogens is 190 g/mol. The lowest BCUT2D eigenvalue weighted by Crippen LogP contribution is -2.31. The van der Waals surface area contributed by atoms with Crippen LogP contribution >= 0.6 is 0 Å². The maximum atomic E-state index is 11.6. The van der Waals surface area contributed by atoms with Crippen LogP contribution in [0.2, 0.25) is 0 Å². The molecule has 15 heavy (non-hydrogen) atoms. The first-order valence-corrected chi connectivity index (χ1v) is 5.52. The van der Waals surface area contributed by atoms with Gasteiger partial charge in [-0.15, -0.1) is 0 Å². The van der Waals surface area contributed by atoms with Crippen molar-refractivity contribution in [3.8, 4) is 0 Å². The average Bonchev–Trinajstić information content (AvgIpc) is 2.76. The minimum absolute atomic E-state index is 0.0369. The van der Waals surface area contributed by atoms with Crippen LogP contribution in [0.1, 0.15) is 39.2 Å². The van der Waals surface area contributed by atoms with E-state index in [2.05, 4.69) is 17.3 Å². The number of amides is 1. The van der Waals surface area contributed by atoms with E-state index in [1.165, 1.54) is 6.42 Å². The first kappa shape index (κ1) is 11.8. The molecule has 1 aromatic heterocycles. The number of nitrogens with zero attached hydrogens (tertiary/aromatic N) is 2. The Labute approximate surface area is 90.7 Å². The van der Waals surface area contributed by atoms with E-state index in [1.807, 2.05) is 13.0 Å². The molecule has 0 saturated heterocycles. The lowest BCUT2D eigenvalue weighted by atomic mass is 10.2. The van der Waals surface area contributed by atoms with Crippen LogP contribution in [0.15, 0.2) is 18.5 Å². The summed E-state index contributed by atoms with van der Waals surface area (Å²) in [5.74, 6) is 0.0369. The Morgan fingerprint density at radius 1 is 1.53 bits per heavy atom. The number of hydrogen-bond donors (Lipinski definition) is 1. The van der Waals surface area contributed by atoms with Crippen molar-refractivity contribution >= 4 is 5.91 Å². The fourth-order valence-electron chi connectivity index (χ4n) is 1.36. The molecule has 4 nitrogen and oxygen atoms in total. The fraction of sp³-hybridized carbons (Fsp3) is 0.636. The third-order valence-electron chi connectivity index (χ3n) is 2.38. The molecule has 1 amide bonds. The number of unbranched alkanes of at least 4 members (excludes halogenated alkanes) is 2. The second kappa shape index (κ2) is 6.22. The van der Waals surface area contributed by atoms with Gasteiger partial charge in [0.2, 0.25) is 5.91 Å². The van der Waals surface area contributed by atoms with Crippen molar-refractivity contribution in [3.05, 3.63) is 18.5 Å². The van der Waals surface area contributed by atoms with Gasteiger partial charge in [0.1, 0.15) is 6.04 Å². The van der Waals surface area contributed by atoms with Crippen molar-refractivity contribution in [2.24, 2.45) is 0 Å². The molecule has 0 bridgehead atoms. The first-order valence-electron chi connectivity index (χ1n) is 5.52. The highest BCUT2D eigenvalue weighted by molar-refractivity contribution is 5.79. The van der Waals surface area contributed by atoms with Gasteiger partial charge in [0.25, 0.3) is 0 Å². The Balaban J connectivity index is 2.28. The summed E-state index contributed by atoms with van der Waals surface area (Å²) in [7, 11) is 0. The Hall–Kier alpha value is -1.32. The van der Waals surface area contributed by atoms with Gasteiger partial charge in [0.15, 0.2) is 0 Å². The number of aromatic nitrogens is 2. The normalized spacial score (nSPS) is 12.4. The lowest BCUT2D eigenvalue weighted by Gasteiger charge is -2.12. The molecule has 4 heteroatoms. The molecule has 1 N–H and O–H groups in total. The zero-order chi connectivity index (χ0) is 11.1. The molecule has 0 aliphatic carbocycles. The summed E-state index contributed by atoms with van der Waals surface area (Å²) in [6.45, 7) is 4.76. The number of carbonyl (C=O) groups excluding carboxylic acids is 1. The monoisotopic (exact) mass is 209 g/mol. The minimum Gasteiger partial charge on any atom is -0.354 e. The zero-order valence-corrected chi connectivity index (χ0v) is 9.44. The Morgan fingerprint density at radius 3 is 2.93 bits per heavy atom. The quantitative estimate of drug-likeness (QED) is 0.725. The van der Waals surface area contributed by atoms with Gasteiger partial charge >= 0.3 is 0 Å². The topological polar surface area (TPSA) is 46.9 Å². The van der Waals surface area contributed by atoms with Crippen LogP contribution in [0.5, 0.6) is 0 Å². The first-order chi connectivity index (χ1) is 7.25. The summed E-state index contributed by atoms with van der Waals surface area (Å²) in [4.78, 5) is 11.6. The molecule has 1 heterocycles. The van der Waals surface area contributed by atoms with Crippen molar-refractivity contribution in [1.82, 2.24) is 15.1 Å². The lowest BCUT2D eigenvalue weighted by molar-refractivity contribution is -0.124. The zero-order valence-electron chi connectivity index (χ0n) is 9.44. The number of nitrogens with one attached hydrogen (secondary N) is 1. The fourth-order valence-corrected chi connectivity index (χ4v) is 1.36. The van der Waals surface area contributed by atoms with Crippen molar-refractivity contribution in [2.45, 2.75) is 39.2 Å². The molecule has 0 radical (unpaired) electrons. The second-order valence-corrected chi connectivity index (χ2v) is 3.66. The SMILES string of the molecule is CCCCCNC(=O)C(C)n1cccn1. The number of hydrogen-bond acceptors (Lipinski definition) is 2. The van der Waals surface area contributed by atoms with Gasteiger partial charge in [-0.3, -0.25) is 9.48 Å². The van der Waals surface area contributed by atoms with Crippen LogP contribution in [0.3, 0.4) is 0 Å². The summed E-state index contributed by atoms with van der Waals surface area (Å²) >= 11 is 0. The van der Waals surface area contributed by atoms with E-state index >= 15 is 0 Å². The van der Waals surface area contributed by atoms with Gasteiger partial charge in [-0.1, -0.05) is 19.8 Å². The molecule has 0 aliphatic rings. The van der Waals surface area contributed by atoms with Crippen molar-refractivity contribution in [1.29, 1.82) is 0 Å². The van der Waals surface area contributed by atoms with Crippen LogP contribution in [0.25, 0.3) is 0 Å². The molecular formula is C11H19N3O. The van der Waals surface area contributed by atoms with E-state index < -0.39 is 0 Å². The molecule has 0 aromatic carbocycles. The maximum absolute atomic E-state index is 11.6. The van der Waals surface area contributed by atoms with Gasteiger partial charge in [-0.25, -0.2) is 0 Å². The van der Waals surface area contributed by atoms with E-state index in [0.29, 0.717) is 0 Å². The highest BCUT2D eigenvalue weighted by atomic mass is 16.2. The number of carbonyl (C=O) groups is 1. The van der Waals surface area contributed by atoms with E-state index in [0.717, 1.165) is 19.4 Å². The largest absolute Gasteiger partial charge is 0.354 e. The average molecular weight is 209 g/mol. The summed E-state index contributed by atoms with van der Waals surface area (Å²) < 4.78 is 1.66. The van der Waals surface area contributed by atoms with Crippen molar-refractivity contribution in [3.63, 3.8) is 0 Å². The van der Waals surface area contributed by atoms with Gasteiger partial charge in [-0.05, 0) is 19.4 Å². The summed E-state index contributed by atoms with van der Waals surface area (Å²) in [5.41, 5.74) is 0. The van der Waals surface area contributed by atoms with E-state index in [1.54, 1.807) is 17.1 Å². The van der Waals surface area contributed by atoms with Crippen LogP contribution < -0.4 is 5.32 Å². The van der Waals surface area contributed by atoms with Gasteiger partial charge < -0.3 is 5.32 Å². The maximum Gasteiger partial charge on any atom is 0.244 e. The molecule has 84 valence electrons. The second-order valence-electron chi connectivity index (χ2n) is 3.66. The highest BCUT2D eigenvalue weighted by Gasteiger charge is 2.13. The molecule has 0 aliphatic heterocycles. The summed E-state index contributed by atoms with van der Waals surface area (Å²) in [6, 6.07) is 1.60. The summed E-state index contributed by atoms with van der Waals surface area (Å²) in [5, 5.41) is 6.94. The Bertz CT molecular complexity index is 282. The molecule has 1 rings (SSSR count). The Morgan fingerprint density at radius 2 is 2.33 bits per heavy atom. The predicted molar refractivity (Wildman–Crippen MR) is 59.5 cm³/mol. The van der Waals surface area contributed by atoms with E-state index in [4.69, 9.17) is 0 Å². The van der Waals surface area contributed by atoms with Gasteiger partial charge in [0.05, 0.1) is 0 Å². The molecule has 1 aromatic rings. The molecule has 0 saturated carbocycles. The van der Waals surface area contributed by atoms with Gasteiger partial charge in [-0.2, -0.15) is 5.10 Å².